The predicted octanol–water partition coefficient (Wildman–Crippen LogP) is 5.38. The lowest BCUT2D eigenvalue weighted by Gasteiger charge is -2.10. The van der Waals surface area contributed by atoms with E-state index in [0.717, 1.165) is 28.3 Å². The van der Waals surface area contributed by atoms with E-state index >= 15 is 0 Å². The molecule has 1 atom stereocenters. The monoisotopic (exact) mass is 542 g/mol. The normalized spacial score (nSPS) is 13.0. The number of aliphatic hydroxyl groups excluding tert-OH is 1. The van der Waals surface area contributed by atoms with Crippen LogP contribution in [0.3, 0.4) is 0 Å². The Balaban J connectivity index is 1.34. The van der Waals surface area contributed by atoms with E-state index < -0.39 is 24.5 Å². The minimum atomic E-state index is -0.681. The number of benzene rings is 3. The van der Waals surface area contributed by atoms with E-state index in [0.29, 0.717) is 48.9 Å². The minimum absolute atomic E-state index is 0.0251. The van der Waals surface area contributed by atoms with Gasteiger partial charge in [0, 0.05) is 12.0 Å². The van der Waals surface area contributed by atoms with Crippen molar-refractivity contribution in [3.05, 3.63) is 102 Å². The Morgan fingerprint density at radius 2 is 1.48 bits per heavy atom. The summed E-state index contributed by atoms with van der Waals surface area (Å²) in [7, 11) is 0. The lowest BCUT2D eigenvalue weighted by atomic mass is 9.98. The fourth-order valence-electron chi connectivity index (χ4n) is 4.31. The molecule has 3 aromatic rings. The number of ether oxygens (including phenoxy) is 4. The van der Waals surface area contributed by atoms with Crippen LogP contribution in [-0.4, -0.2) is 42.8 Å². The van der Waals surface area contributed by atoms with Gasteiger partial charge in [0.15, 0.2) is 0 Å². The zero-order valence-corrected chi connectivity index (χ0v) is 22.2. The van der Waals surface area contributed by atoms with Crippen molar-refractivity contribution in [1.82, 2.24) is 0 Å². The van der Waals surface area contributed by atoms with Crippen molar-refractivity contribution in [3.8, 4) is 28.4 Å². The van der Waals surface area contributed by atoms with Crippen LogP contribution in [0.15, 0.2) is 85.5 Å². The molecule has 1 aliphatic carbocycles. The molecule has 0 saturated heterocycles. The molecule has 1 N–H and O–H groups in total. The quantitative estimate of drug-likeness (QED) is 0.141. The van der Waals surface area contributed by atoms with Crippen LogP contribution in [-0.2, 0) is 14.3 Å². The fourth-order valence-corrected chi connectivity index (χ4v) is 4.31. The Labute approximate surface area is 232 Å². The van der Waals surface area contributed by atoms with Gasteiger partial charge in [-0.1, -0.05) is 32.2 Å². The summed E-state index contributed by atoms with van der Waals surface area (Å²) >= 11 is 0. The van der Waals surface area contributed by atoms with Crippen molar-refractivity contribution >= 4 is 17.9 Å². The molecule has 0 fully saturated rings. The summed E-state index contributed by atoms with van der Waals surface area (Å²) in [6, 6.07) is 17.6. The Hall–Kier alpha value is -4.69. The molecule has 8 heteroatoms. The third kappa shape index (κ3) is 6.65. The highest BCUT2D eigenvalue weighted by molar-refractivity contribution is 5.93. The van der Waals surface area contributed by atoms with Gasteiger partial charge < -0.3 is 24.1 Å². The number of hydrogen-bond acceptors (Lipinski definition) is 8. The van der Waals surface area contributed by atoms with Gasteiger partial charge in [-0.25, -0.2) is 14.4 Å². The lowest BCUT2D eigenvalue weighted by Crippen LogP contribution is -2.13. The third-order valence-corrected chi connectivity index (χ3v) is 6.48. The Bertz CT molecular complexity index is 1440. The van der Waals surface area contributed by atoms with Crippen molar-refractivity contribution in [2.24, 2.45) is 0 Å². The second-order valence-corrected chi connectivity index (χ2v) is 9.21. The van der Waals surface area contributed by atoms with E-state index in [-0.39, 0.29) is 11.5 Å². The smallest absolute Gasteiger partial charge is 0.343 e. The first kappa shape index (κ1) is 28.3. The molecule has 0 aromatic heterocycles. The molecule has 0 heterocycles. The Morgan fingerprint density at radius 1 is 0.850 bits per heavy atom. The zero-order chi connectivity index (χ0) is 28.6. The van der Waals surface area contributed by atoms with Crippen LogP contribution in [0.25, 0.3) is 11.1 Å². The number of hydrogen-bond donors (Lipinski definition) is 1. The average molecular weight is 543 g/mol. The number of unbranched alkanes of at least 4 members (excludes halogenated alkanes) is 1. The highest BCUT2D eigenvalue weighted by atomic mass is 16.5. The standard InChI is InChI=1S/C32H30O8/c1-4-30(34)38-16-6-5-15-37-23-8-10-24(11-9-23)39-32(36)22-7-13-26-27-14-12-25(40-31(35)20(2)19-33)18-29(27)21(3)28(26)17-22/h4,7-14,17-18,21,33H,1-2,5-6,15-16,19H2,3H3. The van der Waals surface area contributed by atoms with E-state index in [1.165, 1.54) is 0 Å². The molecule has 0 saturated carbocycles. The van der Waals surface area contributed by atoms with Crippen molar-refractivity contribution in [2.45, 2.75) is 25.7 Å². The minimum Gasteiger partial charge on any atom is -0.494 e. The molecule has 4 rings (SSSR count). The summed E-state index contributed by atoms with van der Waals surface area (Å²) in [5.41, 5.74) is 4.32. The number of fused-ring (bicyclic) bond motifs is 3. The van der Waals surface area contributed by atoms with Crippen molar-refractivity contribution in [3.63, 3.8) is 0 Å². The number of carbonyl (C=O) groups is 3. The van der Waals surface area contributed by atoms with Crippen LogP contribution in [0.1, 0.15) is 47.2 Å². The van der Waals surface area contributed by atoms with Gasteiger partial charge in [0.05, 0.1) is 31.0 Å². The highest BCUT2D eigenvalue weighted by Gasteiger charge is 2.27. The predicted molar refractivity (Wildman–Crippen MR) is 149 cm³/mol. The summed E-state index contributed by atoms with van der Waals surface area (Å²) in [5.74, 6) is -0.252. The molecule has 8 nitrogen and oxygen atoms in total. The molecular weight excluding hydrogens is 512 g/mol. The van der Waals surface area contributed by atoms with Crippen LogP contribution in [0.5, 0.6) is 17.2 Å². The summed E-state index contributed by atoms with van der Waals surface area (Å²) in [6.07, 6.45) is 2.52. The summed E-state index contributed by atoms with van der Waals surface area (Å²) in [5, 5.41) is 9.09. The highest BCUT2D eigenvalue weighted by Crippen LogP contribution is 2.46. The van der Waals surface area contributed by atoms with Crippen LogP contribution in [0.4, 0.5) is 0 Å². The van der Waals surface area contributed by atoms with E-state index in [4.69, 9.17) is 24.1 Å². The molecule has 40 heavy (non-hydrogen) atoms. The maximum atomic E-state index is 12.9. The molecular formula is C32H30O8. The molecule has 206 valence electrons. The molecule has 0 amide bonds. The number of carbonyl (C=O) groups excluding carboxylic acids is 3. The van der Waals surface area contributed by atoms with Crippen LogP contribution < -0.4 is 14.2 Å². The first-order valence-corrected chi connectivity index (χ1v) is 12.8. The van der Waals surface area contributed by atoms with Gasteiger partial charge in [0.25, 0.3) is 0 Å². The van der Waals surface area contributed by atoms with E-state index in [9.17, 15) is 14.4 Å². The Kier molecular flexibility index (Phi) is 9.14. The van der Waals surface area contributed by atoms with Crippen LogP contribution in [0, 0.1) is 0 Å². The van der Waals surface area contributed by atoms with Crippen LogP contribution in [0.2, 0.25) is 0 Å². The first-order chi connectivity index (χ1) is 19.3. The summed E-state index contributed by atoms with van der Waals surface area (Å²) < 4.78 is 21.5. The summed E-state index contributed by atoms with van der Waals surface area (Å²) in [6.45, 7) is 9.16. The van der Waals surface area contributed by atoms with Gasteiger partial charge in [0.1, 0.15) is 17.2 Å². The molecule has 1 unspecified atom stereocenters. The van der Waals surface area contributed by atoms with Gasteiger partial charge in [-0.05, 0) is 83.6 Å². The van der Waals surface area contributed by atoms with Gasteiger partial charge >= 0.3 is 17.9 Å². The van der Waals surface area contributed by atoms with E-state index in [1.54, 1.807) is 42.5 Å². The summed E-state index contributed by atoms with van der Waals surface area (Å²) in [4.78, 5) is 35.9. The molecule has 0 spiro atoms. The van der Waals surface area contributed by atoms with Gasteiger partial charge in [0.2, 0.25) is 0 Å². The SMILES string of the molecule is C=CC(=O)OCCCCOc1ccc(OC(=O)c2ccc3c(c2)C(C)c2cc(OC(=O)C(=C)CO)ccc2-3)cc1. The van der Waals surface area contributed by atoms with Crippen molar-refractivity contribution < 1.29 is 38.4 Å². The molecule has 0 bridgehead atoms. The third-order valence-electron chi connectivity index (χ3n) is 6.48. The molecule has 1 aliphatic rings. The second-order valence-electron chi connectivity index (χ2n) is 9.21. The fraction of sp³-hybridized carbons (Fsp3) is 0.219. The van der Waals surface area contributed by atoms with E-state index in [1.807, 2.05) is 25.1 Å². The maximum Gasteiger partial charge on any atom is 0.343 e. The Morgan fingerprint density at radius 3 is 2.17 bits per heavy atom. The van der Waals surface area contributed by atoms with E-state index in [2.05, 4.69) is 13.2 Å². The number of aliphatic hydroxyl groups is 1. The second kappa shape index (κ2) is 12.9. The van der Waals surface area contributed by atoms with Gasteiger partial charge in [-0.2, -0.15) is 0 Å². The van der Waals surface area contributed by atoms with Crippen molar-refractivity contribution in [1.29, 1.82) is 0 Å². The lowest BCUT2D eigenvalue weighted by molar-refractivity contribution is -0.138. The topological polar surface area (TPSA) is 108 Å². The first-order valence-electron chi connectivity index (χ1n) is 12.8. The number of esters is 3. The largest absolute Gasteiger partial charge is 0.494 e. The average Bonchev–Trinajstić information content (AvgIpc) is 3.25. The maximum absolute atomic E-state index is 12.9. The van der Waals surface area contributed by atoms with Gasteiger partial charge in [-0.3, -0.25) is 0 Å². The van der Waals surface area contributed by atoms with Gasteiger partial charge in [-0.15, -0.1) is 0 Å². The zero-order valence-electron chi connectivity index (χ0n) is 22.2. The molecule has 3 aromatic carbocycles. The number of rotatable bonds is 12. The molecule has 0 aliphatic heterocycles. The molecule has 0 radical (unpaired) electrons. The van der Waals surface area contributed by atoms with Crippen molar-refractivity contribution in [2.75, 3.05) is 19.8 Å². The van der Waals surface area contributed by atoms with Crippen LogP contribution >= 0.6 is 0 Å².